The van der Waals surface area contributed by atoms with Crippen molar-refractivity contribution in [2.75, 3.05) is 0 Å². The molecule has 0 bridgehead atoms. The van der Waals surface area contributed by atoms with Crippen molar-refractivity contribution >= 4 is 5.97 Å². The number of carboxylic acid groups (broad SMARTS) is 1. The predicted molar refractivity (Wildman–Crippen MR) is 64.3 cm³/mol. The van der Waals surface area contributed by atoms with Crippen molar-refractivity contribution in [1.29, 1.82) is 0 Å². The van der Waals surface area contributed by atoms with Crippen LogP contribution in [0.25, 0.3) is 0 Å². The molecule has 2 N–H and O–H groups in total. The molecule has 94 valence electrons. The summed E-state index contributed by atoms with van der Waals surface area (Å²) < 4.78 is 0. The minimum absolute atomic E-state index is 0.0551. The van der Waals surface area contributed by atoms with Crippen molar-refractivity contribution in [3.05, 3.63) is 27.4 Å². The van der Waals surface area contributed by atoms with Gasteiger partial charge in [-0.25, -0.2) is 4.98 Å². The molecule has 17 heavy (non-hydrogen) atoms. The highest BCUT2D eigenvalue weighted by Gasteiger charge is 2.19. The van der Waals surface area contributed by atoms with Gasteiger partial charge in [-0.05, 0) is 13.3 Å². The SMILES string of the molecule is Cc1nc(C(C)(C)C)[nH]c(=O)c1CCC(=O)O. The Kier molecular flexibility index (Phi) is 3.70. The van der Waals surface area contributed by atoms with E-state index in [-0.39, 0.29) is 23.8 Å². The third kappa shape index (κ3) is 3.41. The molecule has 1 aromatic rings. The highest BCUT2D eigenvalue weighted by atomic mass is 16.4. The number of carboxylic acids is 1. The Morgan fingerprint density at radius 1 is 1.41 bits per heavy atom. The smallest absolute Gasteiger partial charge is 0.303 e. The molecule has 0 fully saturated rings. The van der Waals surface area contributed by atoms with Crippen LogP contribution >= 0.6 is 0 Å². The molecule has 1 rings (SSSR count). The Balaban J connectivity index is 3.11. The molecular weight excluding hydrogens is 220 g/mol. The number of nitrogens with one attached hydrogen (secondary N) is 1. The van der Waals surface area contributed by atoms with Gasteiger partial charge in [0.05, 0.1) is 0 Å². The minimum atomic E-state index is -0.913. The number of H-pyrrole nitrogens is 1. The topological polar surface area (TPSA) is 83.0 Å². The normalized spacial score (nSPS) is 11.5. The standard InChI is InChI=1S/C12H18N2O3/c1-7-8(5-6-9(15)16)10(17)14-11(13-7)12(2,3)4/h5-6H2,1-4H3,(H,15,16)(H,13,14,17). The lowest BCUT2D eigenvalue weighted by atomic mass is 9.95. The van der Waals surface area contributed by atoms with Gasteiger partial charge in [-0.2, -0.15) is 0 Å². The second-order valence-electron chi connectivity index (χ2n) is 5.12. The number of hydrogen-bond donors (Lipinski definition) is 2. The fraction of sp³-hybridized carbons (Fsp3) is 0.583. The van der Waals surface area contributed by atoms with E-state index < -0.39 is 5.97 Å². The monoisotopic (exact) mass is 238 g/mol. The van der Waals surface area contributed by atoms with Crippen LogP contribution in [0.1, 0.15) is 44.3 Å². The van der Waals surface area contributed by atoms with Gasteiger partial charge >= 0.3 is 5.97 Å². The zero-order valence-electron chi connectivity index (χ0n) is 10.6. The first-order valence-corrected chi connectivity index (χ1v) is 5.54. The maximum atomic E-state index is 11.8. The number of carbonyl (C=O) groups is 1. The van der Waals surface area contributed by atoms with Crippen LogP contribution in [0.5, 0.6) is 0 Å². The van der Waals surface area contributed by atoms with Gasteiger partial charge in [-0.1, -0.05) is 20.8 Å². The molecule has 0 aliphatic rings. The van der Waals surface area contributed by atoms with Crippen molar-refractivity contribution in [2.24, 2.45) is 0 Å². The molecule has 0 atom stereocenters. The summed E-state index contributed by atoms with van der Waals surface area (Å²) in [6.07, 6.45) is 0.161. The second-order valence-corrected chi connectivity index (χ2v) is 5.12. The first kappa shape index (κ1) is 13.4. The highest BCUT2D eigenvalue weighted by molar-refractivity contribution is 5.67. The van der Waals surface area contributed by atoms with Crippen molar-refractivity contribution < 1.29 is 9.90 Å². The zero-order chi connectivity index (χ0) is 13.2. The summed E-state index contributed by atoms with van der Waals surface area (Å²) in [6.45, 7) is 7.62. The van der Waals surface area contributed by atoms with Crippen LogP contribution in [0.15, 0.2) is 4.79 Å². The van der Waals surface area contributed by atoms with Gasteiger partial charge < -0.3 is 10.1 Å². The van der Waals surface area contributed by atoms with Gasteiger partial charge in [0.2, 0.25) is 0 Å². The van der Waals surface area contributed by atoms with E-state index in [2.05, 4.69) is 9.97 Å². The van der Waals surface area contributed by atoms with Crippen molar-refractivity contribution in [3.63, 3.8) is 0 Å². The highest BCUT2D eigenvalue weighted by Crippen LogP contribution is 2.17. The van der Waals surface area contributed by atoms with Crippen molar-refractivity contribution in [1.82, 2.24) is 9.97 Å². The van der Waals surface area contributed by atoms with Gasteiger partial charge in [-0.3, -0.25) is 9.59 Å². The van der Waals surface area contributed by atoms with E-state index in [4.69, 9.17) is 5.11 Å². The Labute approximate surface area is 99.9 Å². The zero-order valence-corrected chi connectivity index (χ0v) is 10.6. The number of aromatic amines is 1. The molecule has 0 aliphatic heterocycles. The molecule has 0 spiro atoms. The van der Waals surface area contributed by atoms with Crippen LogP contribution < -0.4 is 5.56 Å². The van der Waals surface area contributed by atoms with Gasteiger partial charge in [0.25, 0.3) is 5.56 Å². The molecule has 0 amide bonds. The lowest BCUT2D eigenvalue weighted by Gasteiger charge is -2.18. The fourth-order valence-electron chi connectivity index (χ4n) is 1.49. The number of aliphatic carboxylic acids is 1. The molecule has 5 heteroatoms. The fourth-order valence-corrected chi connectivity index (χ4v) is 1.49. The average molecular weight is 238 g/mol. The first-order valence-electron chi connectivity index (χ1n) is 5.54. The molecule has 0 radical (unpaired) electrons. The lowest BCUT2D eigenvalue weighted by molar-refractivity contribution is -0.136. The maximum Gasteiger partial charge on any atom is 0.303 e. The number of rotatable bonds is 3. The number of aryl methyl sites for hydroxylation is 1. The summed E-state index contributed by atoms with van der Waals surface area (Å²) in [4.78, 5) is 29.4. The molecule has 0 unspecified atom stereocenters. The molecule has 1 heterocycles. The number of hydrogen-bond acceptors (Lipinski definition) is 3. The second kappa shape index (κ2) is 4.69. The van der Waals surface area contributed by atoms with Crippen LogP contribution in [0.2, 0.25) is 0 Å². The van der Waals surface area contributed by atoms with Gasteiger partial charge in [0.15, 0.2) is 0 Å². The van der Waals surface area contributed by atoms with E-state index in [1.165, 1.54) is 0 Å². The number of nitrogens with zero attached hydrogens (tertiary/aromatic N) is 1. The van der Waals surface area contributed by atoms with E-state index in [0.29, 0.717) is 17.1 Å². The third-order valence-electron chi connectivity index (χ3n) is 2.52. The number of aromatic nitrogens is 2. The van der Waals surface area contributed by atoms with Crippen LogP contribution in [-0.4, -0.2) is 21.0 Å². The maximum absolute atomic E-state index is 11.8. The molecule has 5 nitrogen and oxygen atoms in total. The molecule has 0 aliphatic carbocycles. The Bertz CT molecular complexity index is 484. The lowest BCUT2D eigenvalue weighted by Crippen LogP contribution is -2.26. The first-order chi connectivity index (χ1) is 7.71. The summed E-state index contributed by atoms with van der Waals surface area (Å²) in [5.74, 6) is -0.289. The average Bonchev–Trinajstić information content (AvgIpc) is 2.14. The van der Waals surface area contributed by atoms with Crippen LogP contribution in [0.4, 0.5) is 0 Å². The van der Waals surface area contributed by atoms with E-state index in [9.17, 15) is 9.59 Å². The van der Waals surface area contributed by atoms with Crippen molar-refractivity contribution in [3.8, 4) is 0 Å². The van der Waals surface area contributed by atoms with Crippen LogP contribution in [-0.2, 0) is 16.6 Å². The molecule has 0 saturated carbocycles. The Morgan fingerprint density at radius 2 is 2.00 bits per heavy atom. The van der Waals surface area contributed by atoms with Crippen LogP contribution in [0, 0.1) is 6.92 Å². The summed E-state index contributed by atoms with van der Waals surface area (Å²) in [5, 5.41) is 8.61. The van der Waals surface area contributed by atoms with Crippen molar-refractivity contribution in [2.45, 2.75) is 46.0 Å². The van der Waals surface area contributed by atoms with E-state index in [0.717, 1.165) is 0 Å². The van der Waals surface area contributed by atoms with Gasteiger partial charge in [0.1, 0.15) is 5.82 Å². The van der Waals surface area contributed by atoms with E-state index >= 15 is 0 Å². The summed E-state index contributed by atoms with van der Waals surface area (Å²) in [6, 6.07) is 0. The summed E-state index contributed by atoms with van der Waals surface area (Å²) >= 11 is 0. The minimum Gasteiger partial charge on any atom is -0.481 e. The summed E-state index contributed by atoms with van der Waals surface area (Å²) in [5.41, 5.74) is 0.610. The molecular formula is C12H18N2O3. The molecule has 1 aromatic heterocycles. The van der Waals surface area contributed by atoms with E-state index in [1.807, 2.05) is 20.8 Å². The summed E-state index contributed by atoms with van der Waals surface area (Å²) in [7, 11) is 0. The van der Waals surface area contributed by atoms with E-state index in [1.54, 1.807) is 6.92 Å². The molecule has 0 saturated heterocycles. The third-order valence-corrected chi connectivity index (χ3v) is 2.52. The quantitative estimate of drug-likeness (QED) is 0.833. The Morgan fingerprint density at radius 3 is 2.41 bits per heavy atom. The van der Waals surface area contributed by atoms with Gasteiger partial charge in [0, 0.05) is 23.1 Å². The Hall–Kier alpha value is -1.65. The van der Waals surface area contributed by atoms with Crippen LogP contribution in [0.3, 0.4) is 0 Å². The molecule has 0 aromatic carbocycles. The largest absolute Gasteiger partial charge is 0.481 e. The van der Waals surface area contributed by atoms with Gasteiger partial charge in [-0.15, -0.1) is 0 Å². The predicted octanol–water partition coefficient (Wildman–Crippen LogP) is 1.39.